The van der Waals surface area contributed by atoms with Crippen LogP contribution in [0.5, 0.6) is 0 Å². The van der Waals surface area contributed by atoms with Gasteiger partial charge < -0.3 is 9.88 Å². The Bertz CT molecular complexity index is 673. The van der Waals surface area contributed by atoms with Crippen molar-refractivity contribution in [3.05, 3.63) is 45.7 Å². The highest BCUT2D eigenvalue weighted by atomic mass is 16.2. The zero-order chi connectivity index (χ0) is 12.0. The number of benzene rings is 1. The predicted octanol–water partition coefficient (Wildman–Crippen LogP) is 1.39. The van der Waals surface area contributed by atoms with Gasteiger partial charge in [0.2, 0.25) is 5.91 Å². The molecule has 0 spiro atoms. The normalized spacial score (nSPS) is 14.1. The molecule has 0 saturated carbocycles. The number of carbonyl (C=O) groups excluding carboxylic acids is 1. The summed E-state index contributed by atoms with van der Waals surface area (Å²) in [5.41, 5.74) is 2.46. The van der Waals surface area contributed by atoms with Crippen LogP contribution in [0.15, 0.2) is 29.1 Å². The number of amides is 1. The van der Waals surface area contributed by atoms with Gasteiger partial charge in [-0.25, -0.2) is 0 Å². The molecule has 0 aliphatic carbocycles. The van der Waals surface area contributed by atoms with Gasteiger partial charge in [0.05, 0.1) is 13.1 Å². The van der Waals surface area contributed by atoms with Crippen LogP contribution in [0.1, 0.15) is 18.2 Å². The summed E-state index contributed by atoms with van der Waals surface area (Å²) in [5, 5.41) is 0.691. The number of aromatic amines is 1. The van der Waals surface area contributed by atoms with E-state index in [9.17, 15) is 9.59 Å². The standard InChI is InChI=1S/C13H12N2O2/c1-8(16)15-6-10-12(7-15)14-11-5-3-2-4-9(11)13(10)17/h2-5H,6-7H2,1H3,(H,14,17). The molecule has 0 atom stereocenters. The predicted molar refractivity (Wildman–Crippen MR) is 64.5 cm³/mol. The van der Waals surface area contributed by atoms with Gasteiger partial charge in [-0.1, -0.05) is 12.1 Å². The first-order valence-electron chi connectivity index (χ1n) is 5.55. The second-order valence-electron chi connectivity index (χ2n) is 4.33. The van der Waals surface area contributed by atoms with Crippen LogP contribution in [0.3, 0.4) is 0 Å². The summed E-state index contributed by atoms with van der Waals surface area (Å²) in [6.07, 6.45) is 0. The molecule has 1 amide bonds. The van der Waals surface area contributed by atoms with E-state index in [0.29, 0.717) is 18.5 Å². The number of rotatable bonds is 0. The maximum Gasteiger partial charge on any atom is 0.220 e. The van der Waals surface area contributed by atoms with E-state index >= 15 is 0 Å². The van der Waals surface area contributed by atoms with Crippen LogP contribution in [-0.2, 0) is 17.9 Å². The van der Waals surface area contributed by atoms with Gasteiger partial charge in [-0.2, -0.15) is 0 Å². The van der Waals surface area contributed by atoms with E-state index in [-0.39, 0.29) is 11.3 Å². The third-order valence-electron chi connectivity index (χ3n) is 3.24. The molecule has 0 saturated heterocycles. The number of fused-ring (bicyclic) bond motifs is 2. The van der Waals surface area contributed by atoms with Crippen LogP contribution in [-0.4, -0.2) is 15.8 Å². The Balaban J connectivity index is 2.24. The van der Waals surface area contributed by atoms with Crippen LogP contribution in [0.2, 0.25) is 0 Å². The molecule has 0 radical (unpaired) electrons. The fourth-order valence-electron chi connectivity index (χ4n) is 2.29. The maximum atomic E-state index is 12.2. The maximum absolute atomic E-state index is 12.2. The molecule has 17 heavy (non-hydrogen) atoms. The van der Waals surface area contributed by atoms with Crippen LogP contribution in [0.25, 0.3) is 10.9 Å². The minimum atomic E-state index is -0.00180. The SMILES string of the molecule is CC(=O)N1Cc2[nH]c3ccccc3c(=O)c2C1. The number of carbonyl (C=O) groups is 1. The molecule has 1 aliphatic rings. The molecule has 86 valence electrons. The van der Waals surface area contributed by atoms with E-state index in [1.165, 1.54) is 6.92 Å². The Labute approximate surface area is 97.9 Å². The number of para-hydroxylation sites is 1. The van der Waals surface area contributed by atoms with E-state index in [1.54, 1.807) is 4.90 Å². The van der Waals surface area contributed by atoms with Crippen molar-refractivity contribution in [1.82, 2.24) is 9.88 Å². The van der Waals surface area contributed by atoms with Crippen LogP contribution >= 0.6 is 0 Å². The zero-order valence-electron chi connectivity index (χ0n) is 9.49. The minimum absolute atomic E-state index is 0.00180. The van der Waals surface area contributed by atoms with Crippen LogP contribution in [0.4, 0.5) is 0 Å². The fraction of sp³-hybridized carbons (Fsp3) is 0.231. The molecule has 4 heteroatoms. The second-order valence-corrected chi connectivity index (χ2v) is 4.33. The molecule has 1 aromatic heterocycles. The lowest BCUT2D eigenvalue weighted by Crippen LogP contribution is -2.22. The first kappa shape index (κ1) is 10.1. The molecule has 4 nitrogen and oxygen atoms in total. The lowest BCUT2D eigenvalue weighted by atomic mass is 10.1. The summed E-state index contributed by atoms with van der Waals surface area (Å²) in [5.74, 6) is -0.00180. The van der Waals surface area contributed by atoms with Crippen molar-refractivity contribution in [3.63, 3.8) is 0 Å². The molecule has 2 aromatic rings. The van der Waals surface area contributed by atoms with Gasteiger partial charge in [-0.15, -0.1) is 0 Å². The van der Waals surface area contributed by atoms with Gasteiger partial charge in [0.15, 0.2) is 5.43 Å². The number of hydrogen-bond donors (Lipinski definition) is 1. The first-order valence-corrected chi connectivity index (χ1v) is 5.55. The summed E-state index contributed by atoms with van der Waals surface area (Å²) < 4.78 is 0. The second kappa shape index (κ2) is 3.45. The number of nitrogens with zero attached hydrogens (tertiary/aromatic N) is 1. The minimum Gasteiger partial charge on any atom is -0.356 e. The highest BCUT2D eigenvalue weighted by molar-refractivity contribution is 5.80. The summed E-state index contributed by atoms with van der Waals surface area (Å²) in [4.78, 5) is 28.5. The smallest absolute Gasteiger partial charge is 0.220 e. The van der Waals surface area contributed by atoms with Gasteiger partial charge in [0.25, 0.3) is 0 Å². The number of hydrogen-bond acceptors (Lipinski definition) is 2. The van der Waals surface area contributed by atoms with E-state index in [1.807, 2.05) is 24.3 Å². The molecule has 1 N–H and O–H groups in total. The molecule has 1 aromatic carbocycles. The average molecular weight is 228 g/mol. The van der Waals surface area contributed by atoms with Crippen LogP contribution in [0, 0.1) is 0 Å². The third kappa shape index (κ3) is 1.45. The highest BCUT2D eigenvalue weighted by Crippen LogP contribution is 2.20. The monoisotopic (exact) mass is 228 g/mol. The fourth-order valence-corrected chi connectivity index (χ4v) is 2.29. The van der Waals surface area contributed by atoms with E-state index < -0.39 is 0 Å². The molecule has 2 heterocycles. The quantitative estimate of drug-likeness (QED) is 0.740. The van der Waals surface area contributed by atoms with E-state index in [2.05, 4.69) is 4.98 Å². The molecule has 1 aliphatic heterocycles. The zero-order valence-corrected chi connectivity index (χ0v) is 9.49. The number of pyridine rings is 1. The van der Waals surface area contributed by atoms with Crippen molar-refractivity contribution < 1.29 is 4.79 Å². The molecular formula is C13H12N2O2. The van der Waals surface area contributed by atoms with Gasteiger partial charge >= 0.3 is 0 Å². The van der Waals surface area contributed by atoms with Crippen molar-refractivity contribution in [3.8, 4) is 0 Å². The largest absolute Gasteiger partial charge is 0.356 e. The summed E-state index contributed by atoms with van der Waals surface area (Å²) in [7, 11) is 0. The Hall–Kier alpha value is -2.10. The summed E-state index contributed by atoms with van der Waals surface area (Å²) in [6.45, 7) is 2.45. The number of nitrogens with one attached hydrogen (secondary N) is 1. The van der Waals surface area contributed by atoms with Crippen molar-refractivity contribution in [1.29, 1.82) is 0 Å². The highest BCUT2D eigenvalue weighted by Gasteiger charge is 2.24. The third-order valence-corrected chi connectivity index (χ3v) is 3.24. The molecule has 0 unspecified atom stereocenters. The topological polar surface area (TPSA) is 53.2 Å². The van der Waals surface area contributed by atoms with Crippen molar-refractivity contribution in [2.45, 2.75) is 20.0 Å². The Kier molecular flexibility index (Phi) is 2.04. The lowest BCUT2D eigenvalue weighted by molar-refractivity contribution is -0.129. The summed E-state index contributed by atoms with van der Waals surface area (Å²) >= 11 is 0. The lowest BCUT2D eigenvalue weighted by Gasteiger charge is -2.10. The van der Waals surface area contributed by atoms with E-state index in [4.69, 9.17) is 0 Å². The Morgan fingerprint density at radius 2 is 2.06 bits per heavy atom. The Morgan fingerprint density at radius 1 is 1.29 bits per heavy atom. The molecular weight excluding hydrogens is 216 g/mol. The Morgan fingerprint density at radius 3 is 2.82 bits per heavy atom. The van der Waals surface area contributed by atoms with Gasteiger partial charge in [0.1, 0.15) is 0 Å². The van der Waals surface area contributed by atoms with E-state index in [0.717, 1.165) is 16.8 Å². The van der Waals surface area contributed by atoms with Gasteiger partial charge in [-0.3, -0.25) is 9.59 Å². The first-order chi connectivity index (χ1) is 8.16. The van der Waals surface area contributed by atoms with Crippen molar-refractivity contribution >= 4 is 16.8 Å². The summed E-state index contributed by atoms with van der Waals surface area (Å²) in [6, 6.07) is 7.43. The molecule has 0 fully saturated rings. The number of aromatic nitrogens is 1. The van der Waals surface area contributed by atoms with Gasteiger partial charge in [0, 0.05) is 29.1 Å². The van der Waals surface area contributed by atoms with Crippen molar-refractivity contribution in [2.24, 2.45) is 0 Å². The van der Waals surface area contributed by atoms with Crippen molar-refractivity contribution in [2.75, 3.05) is 0 Å². The molecule has 0 bridgehead atoms. The molecule has 3 rings (SSSR count). The van der Waals surface area contributed by atoms with Gasteiger partial charge in [-0.05, 0) is 12.1 Å². The average Bonchev–Trinajstić information content (AvgIpc) is 2.74. The van der Waals surface area contributed by atoms with Crippen LogP contribution < -0.4 is 5.43 Å². The number of H-pyrrole nitrogens is 1.